The van der Waals surface area contributed by atoms with Crippen LogP contribution in [0.25, 0.3) is 0 Å². The number of pyridine rings is 1. The Hall–Kier alpha value is -1.01. The molecule has 0 saturated heterocycles. The summed E-state index contributed by atoms with van der Waals surface area (Å²) < 4.78 is 36.4. The Kier molecular flexibility index (Phi) is 3.98. The predicted octanol–water partition coefficient (Wildman–Crippen LogP) is 2.19. The minimum Gasteiger partial charge on any atom is -0.349 e. The lowest BCUT2D eigenvalue weighted by Crippen LogP contribution is -2.31. The fourth-order valence-electron chi connectivity index (χ4n) is 1.21. The van der Waals surface area contributed by atoms with E-state index in [4.69, 9.17) is 17.3 Å². The Morgan fingerprint density at radius 3 is 2.56 bits per heavy atom. The third kappa shape index (κ3) is 3.53. The lowest BCUT2D eigenvalue weighted by molar-refractivity contribution is -0.119. The maximum Gasteiger partial charge on any atom is 0.405 e. The van der Waals surface area contributed by atoms with Crippen LogP contribution in [0.4, 0.5) is 19.0 Å². The minimum absolute atomic E-state index is 0.0937. The summed E-state index contributed by atoms with van der Waals surface area (Å²) in [5, 5.41) is 0.162. The van der Waals surface area contributed by atoms with E-state index in [1.54, 1.807) is 0 Å². The topological polar surface area (TPSA) is 42.2 Å². The fourth-order valence-corrected chi connectivity index (χ4v) is 1.54. The summed E-state index contributed by atoms with van der Waals surface area (Å²) in [5.41, 5.74) is 6.03. The molecule has 0 aliphatic heterocycles. The highest BCUT2D eigenvalue weighted by atomic mass is 35.5. The van der Waals surface area contributed by atoms with Crippen molar-refractivity contribution in [2.24, 2.45) is 5.73 Å². The van der Waals surface area contributed by atoms with Gasteiger partial charge in [-0.05, 0) is 11.6 Å². The van der Waals surface area contributed by atoms with E-state index in [9.17, 15) is 13.2 Å². The molecule has 7 heteroatoms. The molecule has 16 heavy (non-hydrogen) atoms. The van der Waals surface area contributed by atoms with E-state index < -0.39 is 12.7 Å². The highest BCUT2D eigenvalue weighted by molar-refractivity contribution is 6.33. The van der Waals surface area contributed by atoms with Crippen LogP contribution in [0.3, 0.4) is 0 Å². The molecule has 2 N–H and O–H groups in total. The van der Waals surface area contributed by atoms with E-state index in [0.717, 1.165) is 4.90 Å². The molecule has 1 heterocycles. The average molecular weight is 254 g/mol. The van der Waals surface area contributed by atoms with Crippen molar-refractivity contribution in [3.05, 3.63) is 22.8 Å². The van der Waals surface area contributed by atoms with Gasteiger partial charge in [-0.1, -0.05) is 11.6 Å². The van der Waals surface area contributed by atoms with Crippen molar-refractivity contribution >= 4 is 17.4 Å². The van der Waals surface area contributed by atoms with Crippen molar-refractivity contribution in [3.63, 3.8) is 0 Å². The Balaban J connectivity index is 2.88. The summed E-state index contributed by atoms with van der Waals surface area (Å²) in [4.78, 5) is 4.79. The van der Waals surface area contributed by atoms with E-state index in [1.165, 1.54) is 19.3 Å². The van der Waals surface area contributed by atoms with Crippen molar-refractivity contribution < 1.29 is 13.2 Å². The van der Waals surface area contributed by atoms with Gasteiger partial charge in [0.15, 0.2) is 0 Å². The molecular formula is C9H11ClF3N3. The van der Waals surface area contributed by atoms with E-state index >= 15 is 0 Å². The van der Waals surface area contributed by atoms with Crippen LogP contribution in [-0.2, 0) is 6.54 Å². The number of aromatic nitrogens is 1. The largest absolute Gasteiger partial charge is 0.405 e. The summed E-state index contributed by atoms with van der Waals surface area (Å²) in [5.74, 6) is 0.0937. The number of anilines is 1. The van der Waals surface area contributed by atoms with Crippen molar-refractivity contribution in [3.8, 4) is 0 Å². The van der Waals surface area contributed by atoms with Gasteiger partial charge in [-0.3, -0.25) is 0 Å². The van der Waals surface area contributed by atoms with Gasteiger partial charge in [0.25, 0.3) is 0 Å². The predicted molar refractivity (Wildman–Crippen MR) is 56.5 cm³/mol. The number of nitrogens with zero attached hydrogens (tertiary/aromatic N) is 2. The third-order valence-corrected chi connectivity index (χ3v) is 2.17. The Bertz CT molecular complexity index is 368. The molecule has 0 aliphatic rings. The molecule has 0 amide bonds. The number of halogens is 4. The average Bonchev–Trinajstić information content (AvgIpc) is 2.14. The number of nitrogens with two attached hydrogens (primary N) is 1. The van der Waals surface area contributed by atoms with Gasteiger partial charge in [0, 0.05) is 19.8 Å². The van der Waals surface area contributed by atoms with Crippen LogP contribution < -0.4 is 10.6 Å². The molecule has 0 bridgehead atoms. The van der Waals surface area contributed by atoms with Gasteiger partial charge in [0.1, 0.15) is 12.4 Å². The van der Waals surface area contributed by atoms with Crippen LogP contribution in [-0.4, -0.2) is 24.8 Å². The number of hydrogen-bond donors (Lipinski definition) is 1. The van der Waals surface area contributed by atoms with Gasteiger partial charge in [0.05, 0.1) is 5.02 Å². The van der Waals surface area contributed by atoms with Crippen LogP contribution in [0.15, 0.2) is 12.3 Å². The lowest BCUT2D eigenvalue weighted by Gasteiger charge is -2.20. The molecule has 0 saturated carbocycles. The smallest absolute Gasteiger partial charge is 0.349 e. The van der Waals surface area contributed by atoms with Crippen LogP contribution in [0.2, 0.25) is 5.02 Å². The van der Waals surface area contributed by atoms with Gasteiger partial charge in [-0.2, -0.15) is 13.2 Å². The zero-order chi connectivity index (χ0) is 12.3. The second-order valence-corrected chi connectivity index (χ2v) is 3.73. The number of rotatable bonds is 3. The van der Waals surface area contributed by atoms with Gasteiger partial charge in [-0.25, -0.2) is 4.98 Å². The second kappa shape index (κ2) is 4.88. The lowest BCUT2D eigenvalue weighted by atomic mass is 10.3. The summed E-state index contributed by atoms with van der Waals surface area (Å²) in [6.45, 7) is -0.850. The third-order valence-electron chi connectivity index (χ3n) is 1.89. The molecule has 0 aromatic carbocycles. The molecule has 1 rings (SSSR count). The first-order valence-electron chi connectivity index (χ1n) is 4.46. The molecular weight excluding hydrogens is 243 g/mol. The summed E-state index contributed by atoms with van der Waals surface area (Å²) in [6.07, 6.45) is -2.87. The second-order valence-electron chi connectivity index (χ2n) is 3.32. The van der Waals surface area contributed by atoms with E-state index in [-0.39, 0.29) is 17.4 Å². The fraction of sp³-hybridized carbons (Fsp3) is 0.444. The SMILES string of the molecule is CN(CC(F)(F)F)c1ncc(CN)cc1Cl. The Labute approximate surface area is 96.0 Å². The van der Waals surface area contributed by atoms with Gasteiger partial charge < -0.3 is 10.6 Å². The highest BCUT2D eigenvalue weighted by Crippen LogP contribution is 2.26. The number of alkyl halides is 3. The normalized spacial score (nSPS) is 11.6. The molecule has 0 fully saturated rings. The molecule has 3 nitrogen and oxygen atoms in total. The maximum absolute atomic E-state index is 12.1. The first kappa shape index (κ1) is 13.1. The van der Waals surface area contributed by atoms with E-state index in [0.29, 0.717) is 5.56 Å². The van der Waals surface area contributed by atoms with Crippen LogP contribution >= 0.6 is 11.6 Å². The zero-order valence-corrected chi connectivity index (χ0v) is 9.31. The van der Waals surface area contributed by atoms with Crippen LogP contribution in [0.1, 0.15) is 5.56 Å². The van der Waals surface area contributed by atoms with Gasteiger partial charge in [-0.15, -0.1) is 0 Å². The molecule has 0 aliphatic carbocycles. The molecule has 1 aromatic rings. The molecule has 90 valence electrons. The molecule has 1 aromatic heterocycles. The van der Waals surface area contributed by atoms with Crippen LogP contribution in [0, 0.1) is 0 Å². The monoisotopic (exact) mass is 253 g/mol. The van der Waals surface area contributed by atoms with Gasteiger partial charge >= 0.3 is 6.18 Å². The van der Waals surface area contributed by atoms with Crippen molar-refractivity contribution in [2.75, 3.05) is 18.5 Å². The van der Waals surface area contributed by atoms with Gasteiger partial charge in [0.2, 0.25) is 0 Å². The molecule has 0 atom stereocenters. The van der Waals surface area contributed by atoms with E-state index in [2.05, 4.69) is 4.98 Å². The number of hydrogen-bond acceptors (Lipinski definition) is 3. The summed E-state index contributed by atoms with van der Waals surface area (Å²) in [6, 6.07) is 1.51. The standard InChI is InChI=1S/C9H11ClF3N3/c1-16(5-9(11,12)13)8-7(10)2-6(3-14)4-15-8/h2,4H,3,5,14H2,1H3. The first-order chi connectivity index (χ1) is 7.33. The summed E-state index contributed by atoms with van der Waals surface area (Å²) >= 11 is 5.80. The first-order valence-corrected chi connectivity index (χ1v) is 4.83. The molecule has 0 spiro atoms. The van der Waals surface area contributed by atoms with E-state index in [1.807, 2.05) is 0 Å². The maximum atomic E-state index is 12.1. The molecule has 0 unspecified atom stereocenters. The van der Waals surface area contributed by atoms with Crippen molar-refractivity contribution in [1.82, 2.24) is 4.98 Å². The zero-order valence-electron chi connectivity index (χ0n) is 8.55. The Morgan fingerprint density at radius 1 is 1.50 bits per heavy atom. The highest BCUT2D eigenvalue weighted by Gasteiger charge is 2.30. The van der Waals surface area contributed by atoms with Crippen LogP contribution in [0.5, 0.6) is 0 Å². The van der Waals surface area contributed by atoms with Crippen molar-refractivity contribution in [2.45, 2.75) is 12.7 Å². The van der Waals surface area contributed by atoms with Crippen molar-refractivity contribution in [1.29, 1.82) is 0 Å². The molecule has 0 radical (unpaired) electrons. The quantitative estimate of drug-likeness (QED) is 0.898. The Morgan fingerprint density at radius 2 is 2.12 bits per heavy atom. The minimum atomic E-state index is -4.29. The summed E-state index contributed by atoms with van der Waals surface area (Å²) in [7, 11) is 1.28.